The van der Waals surface area contributed by atoms with E-state index < -0.39 is 0 Å². The molecule has 3 aromatic rings. The molecule has 0 saturated heterocycles. The quantitative estimate of drug-likeness (QED) is 0.665. The summed E-state index contributed by atoms with van der Waals surface area (Å²) in [6, 6.07) is 22.2. The molecule has 0 amide bonds. The fourth-order valence-electron chi connectivity index (χ4n) is 3.45. The van der Waals surface area contributed by atoms with Gasteiger partial charge in [0.25, 0.3) is 0 Å². The Morgan fingerprint density at radius 2 is 1.63 bits per heavy atom. The van der Waals surface area contributed by atoms with E-state index in [2.05, 4.69) is 47.9 Å². The highest BCUT2D eigenvalue weighted by atomic mass is 19.1. The lowest BCUT2D eigenvalue weighted by atomic mass is 9.97. The molecule has 4 N–H and O–H groups in total. The Kier molecular flexibility index (Phi) is 4.65. The minimum atomic E-state index is -0.249. The number of aromatic hydroxyl groups is 1. The number of hydrogen-bond acceptors (Lipinski definition) is 2. The second kappa shape index (κ2) is 7.25. The summed E-state index contributed by atoms with van der Waals surface area (Å²) in [4.78, 5) is 0. The van der Waals surface area contributed by atoms with Crippen LogP contribution in [0, 0.1) is 12.7 Å². The number of benzene rings is 3. The van der Waals surface area contributed by atoms with E-state index in [4.69, 9.17) is 0 Å². The molecule has 0 aliphatic carbocycles. The molecule has 4 heteroatoms. The molecule has 2 atom stereocenters. The van der Waals surface area contributed by atoms with Gasteiger partial charge in [0, 0.05) is 17.3 Å². The zero-order valence-electron chi connectivity index (χ0n) is 15.1. The number of nitrogens with one attached hydrogen (secondary N) is 1. The van der Waals surface area contributed by atoms with Gasteiger partial charge in [-0.25, -0.2) is 4.39 Å². The van der Waals surface area contributed by atoms with Crippen LogP contribution in [0.2, 0.25) is 0 Å². The van der Waals surface area contributed by atoms with Gasteiger partial charge < -0.3 is 15.7 Å². The summed E-state index contributed by atoms with van der Waals surface area (Å²) in [5.41, 5.74) is 5.13. The van der Waals surface area contributed by atoms with Gasteiger partial charge in [0.2, 0.25) is 0 Å². The van der Waals surface area contributed by atoms with E-state index >= 15 is 0 Å². The number of rotatable bonds is 3. The molecule has 1 heterocycles. The third-order valence-corrected chi connectivity index (χ3v) is 4.94. The van der Waals surface area contributed by atoms with Crippen LogP contribution >= 0.6 is 0 Å². The van der Waals surface area contributed by atoms with E-state index in [0.29, 0.717) is 0 Å². The Morgan fingerprint density at radius 1 is 0.926 bits per heavy atom. The van der Waals surface area contributed by atoms with Crippen molar-refractivity contribution < 1.29 is 14.8 Å². The maximum Gasteiger partial charge on any atom is 0.186 e. The van der Waals surface area contributed by atoms with E-state index in [1.54, 1.807) is 18.2 Å². The van der Waals surface area contributed by atoms with Crippen LogP contribution in [-0.2, 0) is 0 Å². The van der Waals surface area contributed by atoms with Gasteiger partial charge in [0.1, 0.15) is 17.6 Å². The van der Waals surface area contributed by atoms with Crippen molar-refractivity contribution in [2.45, 2.75) is 19.1 Å². The van der Waals surface area contributed by atoms with Crippen molar-refractivity contribution in [3.05, 3.63) is 107 Å². The zero-order valence-corrected chi connectivity index (χ0v) is 15.1. The molecule has 27 heavy (non-hydrogen) atoms. The summed E-state index contributed by atoms with van der Waals surface area (Å²) < 4.78 is 13.4. The molecular formula is C23H22FN2O+. The molecule has 1 aliphatic heterocycles. The van der Waals surface area contributed by atoms with Crippen LogP contribution in [-0.4, -0.2) is 5.11 Å². The number of hydrogen-bond donors (Lipinski definition) is 3. The number of nitrogens with two attached hydrogens (primary N) is 1. The fourth-order valence-corrected chi connectivity index (χ4v) is 3.45. The molecule has 0 saturated carbocycles. The third-order valence-electron chi connectivity index (χ3n) is 4.94. The molecule has 3 nitrogen and oxygen atoms in total. The van der Waals surface area contributed by atoms with E-state index in [1.807, 2.05) is 18.2 Å². The van der Waals surface area contributed by atoms with Gasteiger partial charge in [-0.3, -0.25) is 0 Å². The van der Waals surface area contributed by atoms with Gasteiger partial charge in [-0.2, -0.15) is 0 Å². The van der Waals surface area contributed by atoms with Crippen LogP contribution in [0.15, 0.2) is 78.9 Å². The van der Waals surface area contributed by atoms with Crippen molar-refractivity contribution in [3.8, 4) is 5.75 Å². The van der Waals surface area contributed by atoms with Gasteiger partial charge in [0.05, 0.1) is 5.56 Å². The average Bonchev–Trinajstić information content (AvgIpc) is 2.69. The first-order chi connectivity index (χ1) is 13.1. The highest BCUT2D eigenvalue weighted by Crippen LogP contribution is 2.28. The lowest BCUT2D eigenvalue weighted by Crippen LogP contribution is -2.89. The molecule has 3 aromatic carbocycles. The highest BCUT2D eigenvalue weighted by Gasteiger charge is 2.29. The van der Waals surface area contributed by atoms with Crippen LogP contribution in [0.5, 0.6) is 5.75 Å². The van der Waals surface area contributed by atoms with Crippen molar-refractivity contribution in [2.24, 2.45) is 0 Å². The number of phenols is 1. The SMILES string of the molecule is Cc1ccc(C2=CC(c3ccccc3O)[NH2+]C(c3ccc(F)cc3)N2)cc1. The monoisotopic (exact) mass is 361 g/mol. The molecule has 2 unspecified atom stereocenters. The minimum absolute atomic E-state index is 0.0567. The molecule has 136 valence electrons. The Labute approximate surface area is 158 Å². The molecule has 4 rings (SSSR count). The summed E-state index contributed by atoms with van der Waals surface area (Å²) in [5, 5.41) is 16.0. The predicted molar refractivity (Wildman–Crippen MR) is 104 cm³/mol. The molecular weight excluding hydrogens is 339 g/mol. The van der Waals surface area contributed by atoms with Gasteiger partial charge in [-0.05, 0) is 48.9 Å². The van der Waals surface area contributed by atoms with E-state index in [9.17, 15) is 9.50 Å². The number of aryl methyl sites for hydroxylation is 1. The second-order valence-corrected chi connectivity index (χ2v) is 6.90. The summed E-state index contributed by atoms with van der Waals surface area (Å²) in [6.07, 6.45) is 2.04. The first-order valence-corrected chi connectivity index (χ1v) is 9.04. The lowest BCUT2D eigenvalue weighted by Gasteiger charge is -2.30. The Bertz CT molecular complexity index is 964. The normalized spacial score (nSPS) is 19.3. The van der Waals surface area contributed by atoms with E-state index in [0.717, 1.165) is 22.4 Å². The number of phenolic OH excluding ortho intramolecular Hbond substituents is 1. The largest absolute Gasteiger partial charge is 0.507 e. The highest BCUT2D eigenvalue weighted by molar-refractivity contribution is 5.66. The van der Waals surface area contributed by atoms with Crippen molar-refractivity contribution in [3.63, 3.8) is 0 Å². The van der Waals surface area contributed by atoms with Gasteiger partial charge >= 0.3 is 0 Å². The molecule has 0 spiro atoms. The second-order valence-electron chi connectivity index (χ2n) is 6.90. The maximum absolute atomic E-state index is 13.4. The van der Waals surface area contributed by atoms with E-state index in [1.165, 1.54) is 17.7 Å². The van der Waals surface area contributed by atoms with Gasteiger partial charge in [-0.15, -0.1) is 0 Å². The first-order valence-electron chi connectivity index (χ1n) is 9.04. The van der Waals surface area contributed by atoms with Gasteiger partial charge in [0.15, 0.2) is 6.17 Å². The summed E-state index contributed by atoms with van der Waals surface area (Å²) >= 11 is 0. The number of quaternary nitrogens is 1. The zero-order chi connectivity index (χ0) is 18.8. The number of para-hydroxylation sites is 1. The van der Waals surface area contributed by atoms with Crippen LogP contribution in [0.1, 0.15) is 34.5 Å². The van der Waals surface area contributed by atoms with Crippen molar-refractivity contribution in [1.29, 1.82) is 0 Å². The topological polar surface area (TPSA) is 48.9 Å². The summed E-state index contributed by atoms with van der Waals surface area (Å²) in [6.45, 7) is 2.06. The smallest absolute Gasteiger partial charge is 0.186 e. The molecule has 0 radical (unpaired) electrons. The third kappa shape index (κ3) is 3.71. The van der Waals surface area contributed by atoms with Crippen LogP contribution in [0.3, 0.4) is 0 Å². The fraction of sp³-hybridized carbons (Fsp3) is 0.130. The van der Waals surface area contributed by atoms with Crippen LogP contribution in [0.25, 0.3) is 5.70 Å². The summed E-state index contributed by atoms with van der Waals surface area (Å²) in [5.74, 6) is 0.0270. The van der Waals surface area contributed by atoms with Crippen LogP contribution < -0.4 is 10.6 Å². The molecule has 0 fully saturated rings. The van der Waals surface area contributed by atoms with Crippen molar-refractivity contribution in [2.75, 3.05) is 0 Å². The Balaban J connectivity index is 1.75. The Hall–Kier alpha value is -3.11. The number of halogens is 1. The van der Waals surface area contributed by atoms with Crippen LogP contribution in [0.4, 0.5) is 4.39 Å². The summed E-state index contributed by atoms with van der Waals surface area (Å²) in [7, 11) is 0. The van der Waals surface area contributed by atoms with Crippen molar-refractivity contribution >= 4 is 5.70 Å². The van der Waals surface area contributed by atoms with Gasteiger partial charge in [-0.1, -0.05) is 42.0 Å². The predicted octanol–water partition coefficient (Wildman–Crippen LogP) is 3.79. The molecule has 1 aliphatic rings. The lowest BCUT2D eigenvalue weighted by molar-refractivity contribution is -0.731. The first kappa shape index (κ1) is 17.3. The standard InChI is InChI=1S/C23H21FN2O/c1-15-6-8-16(9-7-15)20-14-21(19-4-2-3-5-22(19)27)26-23(25-20)17-10-12-18(24)13-11-17/h2-14,21,23,25-27H,1H3/p+1. The van der Waals surface area contributed by atoms with Crippen molar-refractivity contribution in [1.82, 2.24) is 5.32 Å². The maximum atomic E-state index is 13.4. The minimum Gasteiger partial charge on any atom is -0.507 e. The molecule has 0 bridgehead atoms. The Morgan fingerprint density at radius 3 is 2.33 bits per heavy atom. The molecule has 0 aromatic heterocycles. The van der Waals surface area contributed by atoms with E-state index in [-0.39, 0.29) is 23.8 Å². The average molecular weight is 361 g/mol.